The van der Waals surface area contributed by atoms with Crippen molar-refractivity contribution in [3.05, 3.63) is 30.1 Å². The highest BCUT2D eigenvalue weighted by atomic mass is 16.3. The summed E-state index contributed by atoms with van der Waals surface area (Å²) in [5.41, 5.74) is 1.47. The number of rotatable bonds is 3. The molecular weight excluding hydrogens is 262 g/mol. The second-order valence-corrected chi connectivity index (χ2v) is 4.14. The third-order valence-electron chi connectivity index (χ3n) is 2.78. The number of fused-ring (bicyclic) bond motifs is 1. The molecule has 5 N–H and O–H groups in total. The van der Waals surface area contributed by atoms with Crippen molar-refractivity contribution >= 4 is 17.0 Å². The molecule has 0 spiro atoms. The van der Waals surface area contributed by atoms with Gasteiger partial charge in [-0.05, 0) is 12.1 Å². The molecule has 3 aromatic rings. The van der Waals surface area contributed by atoms with Gasteiger partial charge in [0.05, 0.1) is 6.33 Å². The molecule has 0 unspecified atom stereocenters. The highest BCUT2D eigenvalue weighted by Gasteiger charge is 2.10. The molecule has 2 heterocycles. The average molecular weight is 273 g/mol. The minimum atomic E-state index is -0.376. The van der Waals surface area contributed by atoms with Crippen LogP contribution in [-0.4, -0.2) is 35.3 Å². The Morgan fingerprint density at radius 3 is 2.80 bits per heavy atom. The zero-order valence-electron chi connectivity index (χ0n) is 10.2. The third-order valence-corrected chi connectivity index (χ3v) is 2.78. The van der Waals surface area contributed by atoms with E-state index in [4.69, 9.17) is 0 Å². The topological polar surface area (TPSA) is 127 Å². The van der Waals surface area contributed by atoms with Crippen molar-refractivity contribution in [1.82, 2.24) is 19.9 Å². The number of imidazole rings is 1. The Morgan fingerprint density at radius 1 is 1.15 bits per heavy atom. The van der Waals surface area contributed by atoms with E-state index in [1.54, 1.807) is 6.07 Å². The zero-order chi connectivity index (χ0) is 14.1. The normalized spacial score (nSPS) is 10.8. The Hall–Kier alpha value is -3.03. The van der Waals surface area contributed by atoms with E-state index in [2.05, 4.69) is 25.3 Å². The summed E-state index contributed by atoms with van der Waals surface area (Å²) in [7, 11) is 0. The first-order valence-electron chi connectivity index (χ1n) is 5.78. The van der Waals surface area contributed by atoms with Gasteiger partial charge in [0, 0.05) is 18.2 Å². The van der Waals surface area contributed by atoms with Crippen molar-refractivity contribution in [2.45, 2.75) is 6.54 Å². The highest BCUT2D eigenvalue weighted by Crippen LogP contribution is 2.24. The minimum Gasteiger partial charge on any atom is -0.508 e. The van der Waals surface area contributed by atoms with Gasteiger partial charge in [-0.3, -0.25) is 0 Å². The third kappa shape index (κ3) is 2.14. The minimum absolute atomic E-state index is 0.0133. The number of anilines is 1. The van der Waals surface area contributed by atoms with Gasteiger partial charge >= 0.3 is 6.01 Å². The SMILES string of the molecule is Oc1ccc(CNc2nc(O)nc3[nH]cnc23)c(O)c1. The molecule has 2 aromatic heterocycles. The Balaban J connectivity index is 1.88. The maximum Gasteiger partial charge on any atom is 0.317 e. The molecule has 8 nitrogen and oxygen atoms in total. The molecule has 3 rings (SSSR count). The average Bonchev–Trinajstić information content (AvgIpc) is 2.85. The number of aromatic hydroxyl groups is 3. The lowest BCUT2D eigenvalue weighted by Crippen LogP contribution is -2.03. The van der Waals surface area contributed by atoms with Crippen molar-refractivity contribution in [3.8, 4) is 17.5 Å². The van der Waals surface area contributed by atoms with Gasteiger partial charge < -0.3 is 25.6 Å². The summed E-state index contributed by atoms with van der Waals surface area (Å²) >= 11 is 0. The summed E-state index contributed by atoms with van der Waals surface area (Å²) in [6.07, 6.45) is 1.45. The van der Waals surface area contributed by atoms with Crippen molar-refractivity contribution < 1.29 is 15.3 Å². The zero-order valence-corrected chi connectivity index (χ0v) is 10.2. The molecule has 0 saturated carbocycles. The second-order valence-electron chi connectivity index (χ2n) is 4.14. The maximum atomic E-state index is 9.69. The highest BCUT2D eigenvalue weighted by molar-refractivity contribution is 5.82. The molecular formula is C12H11N5O3. The van der Waals surface area contributed by atoms with Crippen molar-refractivity contribution in [2.24, 2.45) is 0 Å². The molecule has 0 saturated heterocycles. The smallest absolute Gasteiger partial charge is 0.317 e. The number of hydrogen-bond donors (Lipinski definition) is 5. The van der Waals surface area contributed by atoms with Gasteiger partial charge in [0.15, 0.2) is 11.5 Å². The van der Waals surface area contributed by atoms with E-state index in [0.29, 0.717) is 22.5 Å². The number of benzene rings is 1. The molecule has 0 aliphatic rings. The fraction of sp³-hybridized carbons (Fsp3) is 0.0833. The van der Waals surface area contributed by atoms with Crippen molar-refractivity contribution in [2.75, 3.05) is 5.32 Å². The number of nitrogens with zero attached hydrogens (tertiary/aromatic N) is 3. The first kappa shape index (κ1) is 12.0. The monoisotopic (exact) mass is 273 g/mol. The molecule has 0 radical (unpaired) electrons. The Bertz CT molecular complexity index is 771. The number of aromatic nitrogens is 4. The largest absolute Gasteiger partial charge is 0.508 e. The fourth-order valence-corrected chi connectivity index (χ4v) is 1.83. The molecule has 0 amide bonds. The molecule has 20 heavy (non-hydrogen) atoms. The number of phenols is 2. The van der Waals surface area contributed by atoms with Gasteiger partial charge in [-0.2, -0.15) is 9.97 Å². The number of nitrogens with one attached hydrogen (secondary N) is 2. The van der Waals surface area contributed by atoms with E-state index in [9.17, 15) is 15.3 Å². The van der Waals surface area contributed by atoms with Crippen LogP contribution < -0.4 is 5.32 Å². The van der Waals surface area contributed by atoms with Crippen LogP contribution in [-0.2, 0) is 6.54 Å². The van der Waals surface area contributed by atoms with Crippen LogP contribution in [0.25, 0.3) is 11.2 Å². The van der Waals surface area contributed by atoms with Crippen molar-refractivity contribution in [3.63, 3.8) is 0 Å². The number of hydrogen-bond acceptors (Lipinski definition) is 7. The van der Waals surface area contributed by atoms with Gasteiger partial charge in [0.25, 0.3) is 0 Å². The molecule has 0 bridgehead atoms. The van der Waals surface area contributed by atoms with Gasteiger partial charge in [-0.1, -0.05) is 0 Å². The van der Waals surface area contributed by atoms with E-state index in [0.717, 1.165) is 0 Å². The number of aromatic amines is 1. The van der Waals surface area contributed by atoms with Gasteiger partial charge in [-0.15, -0.1) is 0 Å². The number of phenolic OH excluding ortho intramolecular Hbond substituents is 2. The molecule has 0 fully saturated rings. The van der Waals surface area contributed by atoms with Crippen LogP contribution in [0.4, 0.5) is 5.82 Å². The second kappa shape index (κ2) is 4.57. The summed E-state index contributed by atoms with van der Waals surface area (Å²) in [5, 5.41) is 31.3. The Kier molecular flexibility index (Phi) is 2.75. The van der Waals surface area contributed by atoms with Crippen LogP contribution in [0.15, 0.2) is 24.5 Å². The molecule has 0 atom stereocenters. The van der Waals surface area contributed by atoms with E-state index in [-0.39, 0.29) is 24.1 Å². The summed E-state index contributed by atoms with van der Waals surface area (Å²) in [5.74, 6) is 0.302. The maximum absolute atomic E-state index is 9.69. The predicted octanol–water partition coefficient (Wildman–Crippen LogP) is 1.08. The summed E-state index contributed by atoms with van der Waals surface area (Å²) < 4.78 is 0. The van der Waals surface area contributed by atoms with E-state index < -0.39 is 0 Å². The van der Waals surface area contributed by atoms with E-state index in [1.165, 1.54) is 18.5 Å². The van der Waals surface area contributed by atoms with Crippen LogP contribution in [0, 0.1) is 0 Å². The molecule has 1 aromatic carbocycles. The lowest BCUT2D eigenvalue weighted by molar-refractivity contribution is 0.433. The van der Waals surface area contributed by atoms with Crippen LogP contribution in [0.5, 0.6) is 17.5 Å². The lowest BCUT2D eigenvalue weighted by Gasteiger charge is -2.08. The van der Waals surface area contributed by atoms with E-state index in [1.807, 2.05) is 0 Å². The summed E-state index contributed by atoms with van der Waals surface area (Å²) in [6.45, 7) is 0.254. The van der Waals surface area contributed by atoms with Gasteiger partial charge in [-0.25, -0.2) is 4.98 Å². The van der Waals surface area contributed by atoms with E-state index >= 15 is 0 Å². The van der Waals surface area contributed by atoms with Crippen LogP contribution in [0.2, 0.25) is 0 Å². The molecule has 102 valence electrons. The molecule has 0 aliphatic heterocycles. The Labute approximate surface area is 112 Å². The summed E-state index contributed by atoms with van der Waals surface area (Å²) in [6, 6.07) is 3.93. The van der Waals surface area contributed by atoms with Crippen molar-refractivity contribution in [1.29, 1.82) is 0 Å². The Morgan fingerprint density at radius 2 is 2.00 bits per heavy atom. The molecule has 0 aliphatic carbocycles. The first-order chi connectivity index (χ1) is 9.63. The van der Waals surface area contributed by atoms with Gasteiger partial charge in [0.1, 0.15) is 17.0 Å². The molecule has 8 heteroatoms. The number of H-pyrrole nitrogens is 1. The van der Waals surface area contributed by atoms with Crippen LogP contribution in [0.1, 0.15) is 5.56 Å². The lowest BCUT2D eigenvalue weighted by atomic mass is 10.2. The van der Waals surface area contributed by atoms with Crippen LogP contribution >= 0.6 is 0 Å². The van der Waals surface area contributed by atoms with Crippen LogP contribution in [0.3, 0.4) is 0 Å². The standard InChI is InChI=1S/C12H11N5O3/c18-7-2-1-6(8(19)3-7)4-13-10-9-11(15-5-14-9)17-12(20)16-10/h1-3,5,18-19H,4H2,(H3,13,14,15,16,17,20). The predicted molar refractivity (Wildman–Crippen MR) is 70.4 cm³/mol. The van der Waals surface area contributed by atoms with Gasteiger partial charge in [0.2, 0.25) is 0 Å². The fourth-order valence-electron chi connectivity index (χ4n) is 1.83. The quantitative estimate of drug-likeness (QED) is 0.483. The summed E-state index contributed by atoms with van der Waals surface area (Å²) in [4.78, 5) is 14.5. The first-order valence-corrected chi connectivity index (χ1v) is 5.78.